The van der Waals surface area contributed by atoms with Gasteiger partial charge in [-0.1, -0.05) is 44.9 Å². The Morgan fingerprint density at radius 2 is 1.74 bits per heavy atom. The molecule has 7 nitrogen and oxygen atoms in total. The number of amides is 1. The first kappa shape index (κ1) is 24.0. The highest BCUT2D eigenvalue weighted by Crippen LogP contribution is 2.40. The maximum Gasteiger partial charge on any atom is 0.326 e. The first-order valence-corrected chi connectivity index (χ1v) is 12.4. The normalized spacial score (nSPS) is 28.6. The van der Waals surface area contributed by atoms with Gasteiger partial charge in [-0.2, -0.15) is 0 Å². The number of nitrogens with one attached hydrogen (secondary N) is 1. The first-order chi connectivity index (χ1) is 14.9. The smallest absolute Gasteiger partial charge is 0.326 e. The van der Waals surface area contributed by atoms with Gasteiger partial charge >= 0.3 is 11.9 Å². The van der Waals surface area contributed by atoms with Gasteiger partial charge in [0.2, 0.25) is 5.91 Å². The van der Waals surface area contributed by atoms with Crippen LogP contribution in [0, 0.1) is 11.8 Å². The molecule has 1 amide bonds. The largest absolute Gasteiger partial charge is 0.480 e. The van der Waals surface area contributed by atoms with Crippen LogP contribution in [0.15, 0.2) is 0 Å². The second-order valence-electron chi connectivity index (χ2n) is 9.72. The quantitative estimate of drug-likeness (QED) is 0.537. The molecule has 3 aliphatic rings. The Morgan fingerprint density at radius 1 is 1.06 bits per heavy atom. The molecule has 1 heterocycles. The van der Waals surface area contributed by atoms with E-state index in [9.17, 15) is 19.5 Å². The number of hydrogen-bond acceptors (Lipinski definition) is 5. The van der Waals surface area contributed by atoms with Crippen molar-refractivity contribution < 1.29 is 24.2 Å². The van der Waals surface area contributed by atoms with Crippen LogP contribution in [-0.4, -0.2) is 58.6 Å². The highest BCUT2D eigenvalue weighted by Gasteiger charge is 2.48. The van der Waals surface area contributed by atoms with E-state index in [4.69, 9.17) is 4.74 Å². The maximum absolute atomic E-state index is 13.4. The zero-order valence-corrected chi connectivity index (χ0v) is 19.2. The summed E-state index contributed by atoms with van der Waals surface area (Å²) in [6.07, 6.45) is 12.4. The van der Waals surface area contributed by atoms with Crippen molar-refractivity contribution in [3.63, 3.8) is 0 Å². The molecule has 0 spiro atoms. The Kier molecular flexibility index (Phi) is 8.76. The molecule has 31 heavy (non-hydrogen) atoms. The van der Waals surface area contributed by atoms with Crippen LogP contribution in [0.25, 0.3) is 0 Å². The molecule has 1 aliphatic heterocycles. The fourth-order valence-electron chi connectivity index (χ4n) is 5.98. The van der Waals surface area contributed by atoms with Crippen LogP contribution < -0.4 is 5.32 Å². The summed E-state index contributed by atoms with van der Waals surface area (Å²) in [5, 5.41) is 13.0. The standard InChI is InChI=1S/C24H40N2O5/c1-3-31-24(30)19(14-13-17-9-5-4-6-10-17)25-16(2)22(27)26-20-12-8-7-11-18(20)15-21(26)23(28)29/h16-21,25H,3-15H2,1-2H3,(H,28,29)/t16-,18+,19-,20-,21-/m0/s1. The lowest BCUT2D eigenvalue weighted by molar-refractivity contribution is -0.152. The lowest BCUT2D eigenvalue weighted by Crippen LogP contribution is -2.55. The second-order valence-corrected chi connectivity index (χ2v) is 9.72. The van der Waals surface area contributed by atoms with E-state index in [0.717, 1.165) is 32.1 Å². The van der Waals surface area contributed by atoms with E-state index < -0.39 is 24.1 Å². The molecule has 0 bridgehead atoms. The number of hydrogen-bond donors (Lipinski definition) is 2. The Balaban J connectivity index is 1.65. The number of ether oxygens (including phenoxy) is 1. The van der Waals surface area contributed by atoms with Gasteiger partial charge in [-0.05, 0) is 57.8 Å². The number of carboxylic acid groups (broad SMARTS) is 1. The molecule has 0 aromatic heterocycles. The molecule has 1 saturated heterocycles. The van der Waals surface area contributed by atoms with Gasteiger partial charge in [-0.3, -0.25) is 14.9 Å². The molecule has 3 rings (SSSR count). The third kappa shape index (κ3) is 5.99. The van der Waals surface area contributed by atoms with Crippen LogP contribution in [-0.2, 0) is 19.1 Å². The Morgan fingerprint density at radius 3 is 2.42 bits per heavy atom. The van der Waals surface area contributed by atoms with E-state index in [2.05, 4.69) is 5.32 Å². The molecule has 0 aromatic carbocycles. The van der Waals surface area contributed by atoms with Gasteiger partial charge in [0.1, 0.15) is 12.1 Å². The first-order valence-electron chi connectivity index (χ1n) is 12.4. The van der Waals surface area contributed by atoms with Crippen molar-refractivity contribution in [1.82, 2.24) is 10.2 Å². The van der Waals surface area contributed by atoms with E-state index in [1.54, 1.807) is 18.7 Å². The van der Waals surface area contributed by atoms with Gasteiger partial charge < -0.3 is 14.7 Å². The number of rotatable bonds is 9. The molecule has 5 atom stereocenters. The number of carbonyl (C=O) groups is 3. The Hall–Kier alpha value is -1.63. The fraction of sp³-hybridized carbons (Fsp3) is 0.875. The van der Waals surface area contributed by atoms with Gasteiger partial charge in [-0.25, -0.2) is 4.79 Å². The van der Waals surface area contributed by atoms with E-state index in [1.807, 2.05) is 0 Å². The monoisotopic (exact) mass is 436 g/mol. The van der Waals surface area contributed by atoms with Gasteiger partial charge in [0, 0.05) is 6.04 Å². The van der Waals surface area contributed by atoms with Crippen molar-refractivity contribution in [2.75, 3.05) is 6.61 Å². The maximum atomic E-state index is 13.4. The molecule has 0 aromatic rings. The minimum Gasteiger partial charge on any atom is -0.480 e. The van der Waals surface area contributed by atoms with Gasteiger partial charge in [0.05, 0.1) is 12.6 Å². The van der Waals surface area contributed by atoms with E-state index >= 15 is 0 Å². The van der Waals surface area contributed by atoms with Crippen LogP contribution in [0.4, 0.5) is 0 Å². The van der Waals surface area contributed by atoms with Crippen molar-refractivity contribution >= 4 is 17.8 Å². The lowest BCUT2D eigenvalue weighted by Gasteiger charge is -2.35. The van der Waals surface area contributed by atoms with Crippen LogP contribution in [0.5, 0.6) is 0 Å². The summed E-state index contributed by atoms with van der Waals surface area (Å²) in [5.74, 6) is -0.526. The average Bonchev–Trinajstić information content (AvgIpc) is 3.16. The average molecular weight is 437 g/mol. The van der Waals surface area contributed by atoms with Gasteiger partial charge in [0.15, 0.2) is 0 Å². The van der Waals surface area contributed by atoms with E-state index in [-0.39, 0.29) is 23.8 Å². The highest BCUT2D eigenvalue weighted by atomic mass is 16.5. The molecule has 7 heteroatoms. The summed E-state index contributed by atoms with van der Waals surface area (Å²) in [7, 11) is 0. The molecule has 0 radical (unpaired) electrons. The molecular formula is C24H40N2O5. The number of carbonyl (C=O) groups excluding carboxylic acids is 2. The predicted molar refractivity (Wildman–Crippen MR) is 117 cm³/mol. The van der Waals surface area contributed by atoms with Crippen LogP contribution in [0.3, 0.4) is 0 Å². The van der Waals surface area contributed by atoms with Crippen molar-refractivity contribution in [3.05, 3.63) is 0 Å². The van der Waals surface area contributed by atoms with Crippen LogP contribution in [0.2, 0.25) is 0 Å². The van der Waals surface area contributed by atoms with Gasteiger partial charge in [0.25, 0.3) is 0 Å². The summed E-state index contributed by atoms with van der Waals surface area (Å²) in [4.78, 5) is 39.5. The molecule has 2 aliphatic carbocycles. The summed E-state index contributed by atoms with van der Waals surface area (Å²) in [6.45, 7) is 3.85. The molecule has 176 valence electrons. The number of carboxylic acids is 1. The minimum atomic E-state index is -0.922. The highest BCUT2D eigenvalue weighted by molar-refractivity contribution is 5.88. The lowest BCUT2D eigenvalue weighted by atomic mass is 9.84. The number of fused-ring (bicyclic) bond motifs is 1. The molecule has 2 saturated carbocycles. The minimum absolute atomic E-state index is 0.00915. The zero-order valence-electron chi connectivity index (χ0n) is 19.2. The van der Waals surface area contributed by atoms with E-state index in [1.165, 1.54) is 32.1 Å². The fourth-order valence-corrected chi connectivity index (χ4v) is 5.98. The van der Waals surface area contributed by atoms with Crippen molar-refractivity contribution in [2.45, 2.75) is 115 Å². The van der Waals surface area contributed by atoms with Crippen LogP contribution >= 0.6 is 0 Å². The third-order valence-electron chi connectivity index (χ3n) is 7.61. The predicted octanol–water partition coefficient (Wildman–Crippen LogP) is 3.50. The van der Waals surface area contributed by atoms with Crippen molar-refractivity contribution in [3.8, 4) is 0 Å². The zero-order chi connectivity index (χ0) is 22.4. The van der Waals surface area contributed by atoms with Gasteiger partial charge in [-0.15, -0.1) is 0 Å². The summed E-state index contributed by atoms with van der Waals surface area (Å²) >= 11 is 0. The van der Waals surface area contributed by atoms with Crippen LogP contribution in [0.1, 0.15) is 90.9 Å². The molecular weight excluding hydrogens is 396 g/mol. The second kappa shape index (κ2) is 11.3. The van der Waals surface area contributed by atoms with Crippen molar-refractivity contribution in [2.24, 2.45) is 11.8 Å². The summed E-state index contributed by atoms with van der Waals surface area (Å²) in [6, 6.07) is -1.90. The molecule has 3 fully saturated rings. The Bertz CT molecular complexity index is 633. The Labute approximate surface area is 186 Å². The number of likely N-dealkylation sites (tertiary alicyclic amines) is 1. The third-order valence-corrected chi connectivity index (χ3v) is 7.61. The molecule has 0 unspecified atom stereocenters. The summed E-state index contributed by atoms with van der Waals surface area (Å²) < 4.78 is 5.27. The van der Waals surface area contributed by atoms with E-state index in [0.29, 0.717) is 25.4 Å². The number of esters is 1. The number of nitrogens with zero attached hydrogens (tertiary/aromatic N) is 1. The SMILES string of the molecule is CCOC(=O)[C@H](CCC1CCCCC1)N[C@@H](C)C(=O)N1[C@H](C(=O)O)C[C@H]2CCCC[C@@H]21. The van der Waals surface area contributed by atoms with Crippen molar-refractivity contribution in [1.29, 1.82) is 0 Å². The molecule has 2 N–H and O–H groups in total. The summed E-state index contributed by atoms with van der Waals surface area (Å²) in [5.41, 5.74) is 0. The topological polar surface area (TPSA) is 95.9 Å². The number of aliphatic carboxylic acids is 1.